The van der Waals surface area contributed by atoms with Gasteiger partial charge in [0.05, 0.1) is 0 Å². The van der Waals surface area contributed by atoms with Crippen LogP contribution in [0.3, 0.4) is 0 Å². The Labute approximate surface area is 86.2 Å². The average molecular weight is 253 g/mol. The maximum absolute atomic E-state index is 10.9. The van der Waals surface area contributed by atoms with E-state index in [-0.39, 0.29) is 5.56 Å². The average Bonchev–Trinajstić information content (AvgIpc) is 2.17. The summed E-state index contributed by atoms with van der Waals surface area (Å²) in [5.74, 6) is 0. The van der Waals surface area contributed by atoms with Crippen molar-refractivity contribution in [2.45, 2.75) is 5.53 Å². The molecule has 0 aliphatic rings. The van der Waals surface area contributed by atoms with Gasteiger partial charge in [0.15, 0.2) is 0 Å². The van der Waals surface area contributed by atoms with Gasteiger partial charge in [-0.25, -0.2) is 0 Å². The van der Waals surface area contributed by atoms with Crippen molar-refractivity contribution in [1.82, 2.24) is 4.98 Å². The number of rotatable bonds is 4. The predicted molar refractivity (Wildman–Crippen MR) is 51.7 cm³/mol. The molecule has 0 saturated carbocycles. The molecule has 15 heavy (non-hydrogen) atoms. The summed E-state index contributed by atoms with van der Waals surface area (Å²) in [4.78, 5) is 21.0. The number of hydrogen-bond donors (Lipinski definition) is 3. The molecule has 0 amide bonds. The second-order valence-corrected chi connectivity index (χ2v) is 4.58. The van der Waals surface area contributed by atoms with E-state index in [1.165, 1.54) is 18.3 Å². The van der Waals surface area contributed by atoms with Crippen LogP contribution in [0.15, 0.2) is 24.5 Å². The zero-order chi connectivity index (χ0) is 11.5. The fourth-order valence-corrected chi connectivity index (χ4v) is 2.29. The molecule has 0 radical (unpaired) electrons. The first-order valence-electron chi connectivity index (χ1n) is 3.75. The van der Waals surface area contributed by atoms with E-state index in [2.05, 4.69) is 9.51 Å². The van der Waals surface area contributed by atoms with Gasteiger partial charge in [-0.3, -0.25) is 18.6 Å². The molecule has 3 unspecified atom stereocenters. The summed E-state index contributed by atoms with van der Waals surface area (Å²) in [6.45, 7) is 0. The van der Waals surface area contributed by atoms with Crippen LogP contribution in [0.5, 0.6) is 0 Å². The summed E-state index contributed by atoms with van der Waals surface area (Å²) < 4.78 is 25.5. The van der Waals surface area contributed by atoms with Crippen LogP contribution in [0.25, 0.3) is 0 Å². The molecule has 9 heteroatoms. The van der Waals surface area contributed by atoms with E-state index in [1.807, 2.05) is 0 Å². The van der Waals surface area contributed by atoms with Crippen molar-refractivity contribution in [3.05, 3.63) is 30.1 Å². The highest BCUT2D eigenvalue weighted by atomic mass is 31.1. The molecule has 0 aliphatic heterocycles. The Morgan fingerprint density at radius 2 is 2.07 bits per heavy atom. The molecule has 0 aliphatic carbocycles. The van der Waals surface area contributed by atoms with Gasteiger partial charge in [-0.15, -0.1) is 0 Å². The van der Waals surface area contributed by atoms with Gasteiger partial charge in [0, 0.05) is 18.0 Å². The third-order valence-corrected chi connectivity index (χ3v) is 3.22. The van der Waals surface area contributed by atoms with Crippen LogP contribution in [0, 0.1) is 0 Å². The Morgan fingerprint density at radius 1 is 1.40 bits per heavy atom. The Kier molecular flexibility index (Phi) is 4.16. The van der Waals surface area contributed by atoms with Gasteiger partial charge in [0.2, 0.25) is 0 Å². The molecule has 1 aromatic rings. The van der Waals surface area contributed by atoms with E-state index in [4.69, 9.17) is 9.79 Å². The first kappa shape index (κ1) is 12.5. The van der Waals surface area contributed by atoms with Crippen molar-refractivity contribution in [3.63, 3.8) is 0 Å². The highest BCUT2D eigenvalue weighted by Gasteiger charge is 2.38. The number of pyridine rings is 1. The Morgan fingerprint density at radius 3 is 2.47 bits per heavy atom. The van der Waals surface area contributed by atoms with Gasteiger partial charge in [-0.05, 0) is 12.1 Å². The standard InChI is InChI=1S/C6H9NO6P2/c8-6(14(9)10,13-15(11)12)5-2-1-3-7-4-5/h1-4,8,14-15H,(H,9,10)(H,11,12). The fraction of sp³-hybridized carbons (Fsp3) is 0.167. The van der Waals surface area contributed by atoms with Crippen LogP contribution in [-0.4, -0.2) is 19.9 Å². The molecule has 84 valence electrons. The molecule has 0 bridgehead atoms. The minimum Gasteiger partial charge on any atom is -0.354 e. The Hall–Kier alpha value is -0.550. The Balaban J connectivity index is 3.13. The normalized spacial score (nSPS) is 19.1. The molecule has 1 heterocycles. The van der Waals surface area contributed by atoms with E-state index in [9.17, 15) is 14.2 Å². The van der Waals surface area contributed by atoms with E-state index < -0.39 is 21.8 Å². The smallest absolute Gasteiger partial charge is 0.319 e. The van der Waals surface area contributed by atoms with Crippen molar-refractivity contribution in [2.24, 2.45) is 0 Å². The van der Waals surface area contributed by atoms with Crippen LogP contribution in [-0.2, 0) is 19.2 Å². The summed E-state index contributed by atoms with van der Waals surface area (Å²) in [5, 5.41) is 9.62. The molecular formula is C6H9NO6P2. The van der Waals surface area contributed by atoms with E-state index >= 15 is 0 Å². The third kappa shape index (κ3) is 2.95. The summed E-state index contributed by atoms with van der Waals surface area (Å²) in [6, 6.07) is 2.65. The van der Waals surface area contributed by atoms with Crippen LogP contribution in [0.2, 0.25) is 0 Å². The Bertz CT molecular complexity index is 384. The summed E-state index contributed by atoms with van der Waals surface area (Å²) >= 11 is 0. The van der Waals surface area contributed by atoms with Gasteiger partial charge < -0.3 is 14.9 Å². The van der Waals surface area contributed by atoms with Gasteiger partial charge in [0.25, 0.3) is 13.6 Å². The van der Waals surface area contributed by atoms with Gasteiger partial charge in [-0.1, -0.05) is 0 Å². The largest absolute Gasteiger partial charge is 0.354 e. The second kappa shape index (κ2) is 4.99. The number of aliphatic hydroxyl groups is 1. The van der Waals surface area contributed by atoms with Gasteiger partial charge in [-0.2, -0.15) is 0 Å². The van der Waals surface area contributed by atoms with Crippen molar-refractivity contribution >= 4 is 16.3 Å². The molecule has 1 aromatic heterocycles. The summed E-state index contributed by atoms with van der Waals surface area (Å²) in [7, 11) is -7.16. The highest BCUT2D eigenvalue weighted by molar-refractivity contribution is 7.40. The molecule has 3 atom stereocenters. The minimum absolute atomic E-state index is 0.149. The maximum Gasteiger partial charge on any atom is 0.319 e. The van der Waals surface area contributed by atoms with Crippen molar-refractivity contribution < 1.29 is 28.5 Å². The fourth-order valence-electron chi connectivity index (χ4n) is 0.916. The van der Waals surface area contributed by atoms with E-state index in [0.29, 0.717) is 0 Å². The molecular weight excluding hydrogens is 244 g/mol. The topological polar surface area (TPSA) is 117 Å². The second-order valence-electron chi connectivity index (χ2n) is 2.56. The lowest BCUT2D eigenvalue weighted by molar-refractivity contribution is -0.0743. The molecule has 0 fully saturated rings. The zero-order valence-electron chi connectivity index (χ0n) is 7.32. The van der Waals surface area contributed by atoms with Crippen molar-refractivity contribution in [3.8, 4) is 0 Å². The number of aromatic nitrogens is 1. The lowest BCUT2D eigenvalue weighted by Gasteiger charge is -2.23. The minimum atomic E-state index is -3.61. The van der Waals surface area contributed by atoms with Crippen LogP contribution < -0.4 is 0 Å². The van der Waals surface area contributed by atoms with Gasteiger partial charge >= 0.3 is 8.25 Å². The van der Waals surface area contributed by atoms with E-state index in [1.54, 1.807) is 0 Å². The maximum atomic E-state index is 10.9. The van der Waals surface area contributed by atoms with Gasteiger partial charge in [0.1, 0.15) is 0 Å². The highest BCUT2D eigenvalue weighted by Crippen LogP contribution is 2.47. The van der Waals surface area contributed by atoms with Crippen LogP contribution >= 0.6 is 16.3 Å². The molecule has 0 aromatic carbocycles. The molecule has 0 saturated heterocycles. The first-order valence-corrected chi connectivity index (χ1v) is 6.37. The molecule has 3 N–H and O–H groups in total. The van der Waals surface area contributed by atoms with Crippen LogP contribution in [0.1, 0.15) is 5.56 Å². The third-order valence-electron chi connectivity index (χ3n) is 1.58. The van der Waals surface area contributed by atoms with Crippen molar-refractivity contribution in [2.75, 3.05) is 0 Å². The molecule has 7 nitrogen and oxygen atoms in total. The first-order chi connectivity index (χ1) is 6.97. The quantitative estimate of drug-likeness (QED) is 0.512. The lowest BCUT2D eigenvalue weighted by Crippen LogP contribution is -2.22. The SMILES string of the molecule is O=[PH](O)OC(O)(c1cccnc1)[PH](=O)O. The monoisotopic (exact) mass is 253 g/mol. The summed E-state index contributed by atoms with van der Waals surface area (Å²) in [5.41, 5.74) is -2.81. The molecule has 1 rings (SSSR count). The number of hydrogen-bond acceptors (Lipinski definition) is 5. The lowest BCUT2D eigenvalue weighted by atomic mass is 10.3. The van der Waals surface area contributed by atoms with Crippen molar-refractivity contribution in [1.29, 1.82) is 0 Å². The summed E-state index contributed by atoms with van der Waals surface area (Å²) in [6.07, 6.45) is 2.45. The number of nitrogens with zero attached hydrogens (tertiary/aromatic N) is 1. The predicted octanol–water partition coefficient (Wildman–Crippen LogP) is 0.0498. The molecule has 0 spiro atoms. The van der Waals surface area contributed by atoms with Crippen LogP contribution in [0.4, 0.5) is 0 Å². The van der Waals surface area contributed by atoms with E-state index in [0.717, 1.165) is 6.20 Å². The zero-order valence-corrected chi connectivity index (χ0v) is 9.32.